The Labute approximate surface area is 309 Å². The molecule has 248 valence electrons. The summed E-state index contributed by atoms with van der Waals surface area (Å²) in [5.74, 6) is 0. The molecule has 0 spiro atoms. The monoisotopic (exact) mass is 673 g/mol. The Morgan fingerprint density at radius 2 is 0.679 bits per heavy atom. The zero-order valence-electron chi connectivity index (χ0n) is 29.2. The fraction of sp³-hybridized carbons (Fsp3) is 0. The third-order valence-corrected chi connectivity index (χ3v) is 10.7. The van der Waals surface area contributed by atoms with E-state index in [1.165, 1.54) is 76.5 Å². The average molecular weight is 674 g/mol. The maximum Gasteiger partial charge on any atom is 0.0462 e. The highest BCUT2D eigenvalue weighted by molar-refractivity contribution is 6.21. The van der Waals surface area contributed by atoms with E-state index >= 15 is 0 Å². The van der Waals surface area contributed by atoms with Gasteiger partial charge < -0.3 is 4.90 Å². The maximum atomic E-state index is 2.39. The van der Waals surface area contributed by atoms with Crippen molar-refractivity contribution in [3.63, 3.8) is 0 Å². The van der Waals surface area contributed by atoms with Crippen LogP contribution < -0.4 is 4.90 Å². The molecule has 0 unspecified atom stereocenters. The Morgan fingerprint density at radius 1 is 0.226 bits per heavy atom. The lowest BCUT2D eigenvalue weighted by Gasteiger charge is -2.26. The molecule has 0 bridgehead atoms. The molecule has 0 saturated carbocycles. The van der Waals surface area contributed by atoms with E-state index in [4.69, 9.17) is 0 Å². The molecule has 0 aliphatic heterocycles. The molecule has 10 aromatic rings. The van der Waals surface area contributed by atoms with Crippen molar-refractivity contribution in [3.8, 4) is 33.4 Å². The summed E-state index contributed by atoms with van der Waals surface area (Å²) < 4.78 is 0. The van der Waals surface area contributed by atoms with Crippen molar-refractivity contribution in [2.45, 2.75) is 0 Å². The third-order valence-electron chi connectivity index (χ3n) is 10.7. The summed E-state index contributed by atoms with van der Waals surface area (Å²) in [5.41, 5.74) is 10.6. The van der Waals surface area contributed by atoms with Gasteiger partial charge in [0.2, 0.25) is 0 Å². The highest BCUT2D eigenvalue weighted by Gasteiger charge is 2.16. The number of nitrogens with zero attached hydrogens (tertiary/aromatic N) is 1. The van der Waals surface area contributed by atoms with Crippen LogP contribution in [0.15, 0.2) is 212 Å². The van der Waals surface area contributed by atoms with Crippen LogP contribution in [0, 0.1) is 0 Å². The molecular weight excluding hydrogens is 639 g/mol. The van der Waals surface area contributed by atoms with Crippen LogP contribution in [-0.4, -0.2) is 0 Å². The summed E-state index contributed by atoms with van der Waals surface area (Å²) in [6.45, 7) is 0. The second-order valence-corrected chi connectivity index (χ2v) is 13.7. The molecule has 0 atom stereocenters. The number of anilines is 3. The molecule has 1 nitrogen and oxygen atoms in total. The van der Waals surface area contributed by atoms with Gasteiger partial charge in [-0.15, -0.1) is 0 Å². The summed E-state index contributed by atoms with van der Waals surface area (Å²) >= 11 is 0. The van der Waals surface area contributed by atoms with Gasteiger partial charge in [-0.25, -0.2) is 0 Å². The molecule has 0 aliphatic rings. The standard InChI is InChI=1S/C52H35N/c1-2-11-36(12-3-1)37-21-28-42(29-22-37)53(43-30-23-40(24-31-43)46-20-10-15-38-13-4-6-16-45(38)46)44-32-25-41(26-33-44)51-35-52-47-17-7-5-14-39(47)27-34-50(52)48-18-8-9-19-49(48)51/h1-35H. The second kappa shape index (κ2) is 13.0. The first-order chi connectivity index (χ1) is 26.3. The predicted octanol–water partition coefficient (Wildman–Crippen LogP) is 14.8. The lowest BCUT2D eigenvalue weighted by atomic mass is 9.91. The quantitative estimate of drug-likeness (QED) is 0.159. The van der Waals surface area contributed by atoms with Crippen molar-refractivity contribution in [1.29, 1.82) is 0 Å². The first kappa shape index (κ1) is 30.8. The first-order valence-electron chi connectivity index (χ1n) is 18.3. The molecule has 53 heavy (non-hydrogen) atoms. The molecular formula is C52H35N. The van der Waals surface area contributed by atoms with Gasteiger partial charge in [0.15, 0.2) is 0 Å². The van der Waals surface area contributed by atoms with Crippen LogP contribution in [-0.2, 0) is 0 Å². The number of fused-ring (bicyclic) bond motifs is 6. The van der Waals surface area contributed by atoms with Gasteiger partial charge >= 0.3 is 0 Å². The van der Waals surface area contributed by atoms with Crippen molar-refractivity contribution in [1.82, 2.24) is 0 Å². The van der Waals surface area contributed by atoms with Crippen LogP contribution in [0.3, 0.4) is 0 Å². The Morgan fingerprint density at radius 3 is 1.34 bits per heavy atom. The van der Waals surface area contributed by atoms with E-state index in [0.717, 1.165) is 17.1 Å². The number of hydrogen-bond acceptors (Lipinski definition) is 1. The van der Waals surface area contributed by atoms with E-state index in [1.807, 2.05) is 0 Å². The van der Waals surface area contributed by atoms with Gasteiger partial charge in [-0.1, -0.05) is 170 Å². The van der Waals surface area contributed by atoms with E-state index < -0.39 is 0 Å². The van der Waals surface area contributed by atoms with Crippen molar-refractivity contribution in [3.05, 3.63) is 212 Å². The van der Waals surface area contributed by atoms with Gasteiger partial charge in [0.05, 0.1) is 0 Å². The molecule has 10 rings (SSSR count). The molecule has 0 saturated heterocycles. The van der Waals surface area contributed by atoms with E-state index in [0.29, 0.717) is 0 Å². The highest BCUT2D eigenvalue weighted by Crippen LogP contribution is 2.41. The molecule has 0 aromatic heterocycles. The molecule has 0 heterocycles. The summed E-state index contributed by atoms with van der Waals surface area (Å²) in [6.07, 6.45) is 0. The normalized spacial score (nSPS) is 11.4. The van der Waals surface area contributed by atoms with Crippen LogP contribution in [0.5, 0.6) is 0 Å². The Kier molecular flexibility index (Phi) is 7.55. The van der Waals surface area contributed by atoms with Gasteiger partial charge in [0.25, 0.3) is 0 Å². The van der Waals surface area contributed by atoms with E-state index in [9.17, 15) is 0 Å². The highest BCUT2D eigenvalue weighted by atomic mass is 15.1. The molecule has 0 radical (unpaired) electrons. The largest absolute Gasteiger partial charge is 0.311 e. The molecule has 0 N–H and O–H groups in total. The van der Waals surface area contributed by atoms with E-state index in [2.05, 4.69) is 217 Å². The number of benzene rings is 10. The lowest BCUT2D eigenvalue weighted by molar-refractivity contribution is 1.28. The number of rotatable bonds is 6. The summed E-state index contributed by atoms with van der Waals surface area (Å²) in [5, 5.41) is 10.2. The fourth-order valence-corrected chi connectivity index (χ4v) is 8.04. The van der Waals surface area contributed by atoms with Crippen molar-refractivity contribution in [2.24, 2.45) is 0 Å². The Hall–Kier alpha value is -6.96. The van der Waals surface area contributed by atoms with Crippen molar-refractivity contribution < 1.29 is 0 Å². The van der Waals surface area contributed by atoms with Crippen molar-refractivity contribution in [2.75, 3.05) is 4.90 Å². The zero-order valence-corrected chi connectivity index (χ0v) is 29.2. The Bertz CT molecular complexity index is 2900. The summed E-state index contributed by atoms with van der Waals surface area (Å²) in [4.78, 5) is 2.36. The van der Waals surface area contributed by atoms with Gasteiger partial charge in [0, 0.05) is 17.1 Å². The summed E-state index contributed by atoms with van der Waals surface area (Å²) in [6, 6.07) is 77.2. The molecule has 0 amide bonds. The minimum absolute atomic E-state index is 1.11. The smallest absolute Gasteiger partial charge is 0.0462 e. The molecule has 10 aromatic carbocycles. The number of hydrogen-bond donors (Lipinski definition) is 0. The topological polar surface area (TPSA) is 3.24 Å². The predicted molar refractivity (Wildman–Crippen MR) is 227 cm³/mol. The van der Waals surface area contributed by atoms with Crippen LogP contribution in [0.25, 0.3) is 76.5 Å². The third kappa shape index (κ3) is 5.51. The minimum Gasteiger partial charge on any atom is -0.311 e. The second-order valence-electron chi connectivity index (χ2n) is 13.7. The maximum absolute atomic E-state index is 2.39. The van der Waals surface area contributed by atoms with Crippen LogP contribution in [0.1, 0.15) is 0 Å². The lowest BCUT2D eigenvalue weighted by Crippen LogP contribution is -2.09. The van der Waals surface area contributed by atoms with Crippen LogP contribution >= 0.6 is 0 Å². The molecule has 1 heteroatoms. The summed E-state index contributed by atoms with van der Waals surface area (Å²) in [7, 11) is 0. The van der Waals surface area contributed by atoms with Gasteiger partial charge in [-0.2, -0.15) is 0 Å². The van der Waals surface area contributed by atoms with Gasteiger partial charge in [-0.05, 0) is 119 Å². The Balaban J connectivity index is 1.08. The van der Waals surface area contributed by atoms with Crippen LogP contribution in [0.2, 0.25) is 0 Å². The van der Waals surface area contributed by atoms with Gasteiger partial charge in [0.1, 0.15) is 0 Å². The average Bonchev–Trinajstić information content (AvgIpc) is 3.24. The molecule has 0 aliphatic carbocycles. The van der Waals surface area contributed by atoms with Gasteiger partial charge in [-0.3, -0.25) is 0 Å². The van der Waals surface area contributed by atoms with E-state index in [1.54, 1.807) is 0 Å². The van der Waals surface area contributed by atoms with E-state index in [-0.39, 0.29) is 0 Å². The molecule has 0 fully saturated rings. The minimum atomic E-state index is 1.11. The van der Waals surface area contributed by atoms with Crippen molar-refractivity contribution >= 4 is 60.2 Å². The SMILES string of the molecule is c1ccc(-c2ccc(N(c3ccc(-c4cccc5ccccc45)cc3)c3ccc(-c4cc5c6ccccc6ccc5c5ccccc45)cc3)cc2)cc1. The fourth-order valence-electron chi connectivity index (χ4n) is 8.04. The first-order valence-corrected chi connectivity index (χ1v) is 18.3. The zero-order chi connectivity index (χ0) is 35.1. The van der Waals surface area contributed by atoms with Crippen LogP contribution in [0.4, 0.5) is 17.1 Å².